The zero-order valence-corrected chi connectivity index (χ0v) is 18.7. The third kappa shape index (κ3) is 4.94. The summed E-state index contributed by atoms with van der Waals surface area (Å²) in [6, 6.07) is 9.00. The molecule has 2 amide bonds. The molecule has 10 heteroatoms. The van der Waals surface area contributed by atoms with Gasteiger partial charge in [-0.15, -0.1) is 11.3 Å². The van der Waals surface area contributed by atoms with Crippen LogP contribution in [0.2, 0.25) is 0 Å². The smallest absolute Gasteiger partial charge is 0.257 e. The van der Waals surface area contributed by atoms with Crippen LogP contribution in [0.4, 0.5) is 10.9 Å². The van der Waals surface area contributed by atoms with Crippen LogP contribution in [0.5, 0.6) is 0 Å². The summed E-state index contributed by atoms with van der Waals surface area (Å²) in [6.45, 7) is 1.11. The molecule has 3 heterocycles. The minimum atomic E-state index is -0.193. The molecule has 0 saturated carbocycles. The largest absolute Gasteiger partial charge is 0.308 e. The standard InChI is InChI=1S/C20H21BrN6O2S/c1-26-10-8-17(25-26)23-18(28)11-27-9-2-3-16(27)15-12-30-20(22-15)24-19(29)13-4-6-14(21)7-5-13/h4-8,10,12,16H,2-3,9,11H2,1H3,(H,22,24,29)(H,23,25,28). The number of aromatic nitrogens is 3. The number of thiazole rings is 1. The van der Waals surface area contributed by atoms with E-state index in [2.05, 4.69) is 41.5 Å². The van der Waals surface area contributed by atoms with Crippen molar-refractivity contribution < 1.29 is 9.59 Å². The van der Waals surface area contributed by atoms with Gasteiger partial charge in [-0.3, -0.25) is 24.5 Å². The molecule has 0 aliphatic carbocycles. The number of carbonyl (C=O) groups is 2. The first kappa shape index (κ1) is 20.7. The third-order valence-corrected chi connectivity index (χ3v) is 6.19. The predicted octanol–water partition coefficient (Wildman–Crippen LogP) is 3.67. The van der Waals surface area contributed by atoms with E-state index in [1.54, 1.807) is 29.1 Å². The van der Waals surface area contributed by atoms with Crippen molar-refractivity contribution >= 4 is 50.0 Å². The Morgan fingerprint density at radius 1 is 1.23 bits per heavy atom. The van der Waals surface area contributed by atoms with Gasteiger partial charge in [-0.2, -0.15) is 5.10 Å². The van der Waals surface area contributed by atoms with Crippen molar-refractivity contribution in [1.29, 1.82) is 0 Å². The predicted molar refractivity (Wildman–Crippen MR) is 120 cm³/mol. The number of amides is 2. The Hall–Kier alpha value is -2.56. The number of anilines is 2. The van der Waals surface area contributed by atoms with Gasteiger partial charge in [-0.25, -0.2) is 4.98 Å². The minimum absolute atomic E-state index is 0.0639. The van der Waals surface area contributed by atoms with E-state index in [1.165, 1.54) is 11.3 Å². The molecular weight excluding hydrogens is 468 g/mol. The molecule has 2 aromatic heterocycles. The highest BCUT2D eigenvalue weighted by atomic mass is 79.9. The van der Waals surface area contributed by atoms with Crippen LogP contribution in [-0.2, 0) is 11.8 Å². The summed E-state index contributed by atoms with van der Waals surface area (Å²) in [4.78, 5) is 31.5. The van der Waals surface area contributed by atoms with Crippen LogP contribution in [-0.4, -0.2) is 44.6 Å². The first-order chi connectivity index (χ1) is 14.5. The van der Waals surface area contributed by atoms with Gasteiger partial charge in [-0.1, -0.05) is 15.9 Å². The number of rotatable bonds is 6. The van der Waals surface area contributed by atoms with Gasteiger partial charge >= 0.3 is 0 Å². The molecule has 0 spiro atoms. The molecule has 3 aromatic rings. The Balaban J connectivity index is 1.37. The number of aryl methyl sites for hydroxylation is 1. The lowest BCUT2D eigenvalue weighted by Gasteiger charge is -2.22. The molecule has 1 fully saturated rings. The lowest BCUT2D eigenvalue weighted by molar-refractivity contribution is -0.117. The van der Waals surface area contributed by atoms with Gasteiger partial charge in [0.1, 0.15) is 0 Å². The van der Waals surface area contributed by atoms with Crippen LogP contribution in [0.1, 0.15) is 34.9 Å². The fourth-order valence-electron chi connectivity index (χ4n) is 3.47. The fourth-order valence-corrected chi connectivity index (χ4v) is 4.48. The Morgan fingerprint density at radius 2 is 2.03 bits per heavy atom. The molecule has 1 aromatic carbocycles. The monoisotopic (exact) mass is 488 g/mol. The van der Waals surface area contributed by atoms with E-state index >= 15 is 0 Å². The van der Waals surface area contributed by atoms with Gasteiger partial charge in [0.25, 0.3) is 5.91 Å². The van der Waals surface area contributed by atoms with Crippen molar-refractivity contribution in [3.63, 3.8) is 0 Å². The average Bonchev–Trinajstić information content (AvgIpc) is 3.44. The van der Waals surface area contributed by atoms with Crippen molar-refractivity contribution in [3.05, 3.63) is 57.6 Å². The Bertz CT molecular complexity index is 1050. The van der Waals surface area contributed by atoms with Crippen LogP contribution in [0, 0.1) is 0 Å². The van der Waals surface area contributed by atoms with Gasteiger partial charge in [-0.05, 0) is 43.7 Å². The quantitative estimate of drug-likeness (QED) is 0.552. The zero-order valence-electron chi connectivity index (χ0n) is 16.3. The summed E-state index contributed by atoms with van der Waals surface area (Å²) in [6.07, 6.45) is 3.72. The minimum Gasteiger partial charge on any atom is -0.308 e. The maximum absolute atomic E-state index is 12.4. The molecule has 1 saturated heterocycles. The normalized spacial score (nSPS) is 16.5. The summed E-state index contributed by atoms with van der Waals surface area (Å²) >= 11 is 4.76. The molecule has 4 rings (SSSR count). The zero-order chi connectivity index (χ0) is 21.1. The van der Waals surface area contributed by atoms with E-state index < -0.39 is 0 Å². The summed E-state index contributed by atoms with van der Waals surface area (Å²) < 4.78 is 2.57. The van der Waals surface area contributed by atoms with E-state index in [0.717, 1.165) is 29.6 Å². The SMILES string of the molecule is Cn1ccc(NC(=O)CN2CCCC2c2csc(NC(=O)c3ccc(Br)cc3)n2)n1. The van der Waals surface area contributed by atoms with E-state index in [-0.39, 0.29) is 24.4 Å². The Labute approximate surface area is 186 Å². The molecule has 2 N–H and O–H groups in total. The topological polar surface area (TPSA) is 92.2 Å². The number of halogens is 1. The van der Waals surface area contributed by atoms with Gasteiger partial charge in [0, 0.05) is 34.7 Å². The highest BCUT2D eigenvalue weighted by Gasteiger charge is 2.29. The summed E-state index contributed by atoms with van der Waals surface area (Å²) in [5.74, 6) is 0.255. The molecule has 0 bridgehead atoms. The molecule has 1 atom stereocenters. The number of benzene rings is 1. The number of nitrogens with zero attached hydrogens (tertiary/aromatic N) is 4. The van der Waals surface area contributed by atoms with Crippen LogP contribution >= 0.6 is 27.3 Å². The highest BCUT2D eigenvalue weighted by molar-refractivity contribution is 9.10. The summed E-state index contributed by atoms with van der Waals surface area (Å²) in [7, 11) is 1.81. The highest BCUT2D eigenvalue weighted by Crippen LogP contribution is 2.33. The van der Waals surface area contributed by atoms with Crippen molar-refractivity contribution in [2.45, 2.75) is 18.9 Å². The maximum Gasteiger partial charge on any atom is 0.257 e. The van der Waals surface area contributed by atoms with E-state index in [4.69, 9.17) is 0 Å². The number of carbonyl (C=O) groups excluding carboxylic acids is 2. The van der Waals surface area contributed by atoms with Crippen molar-refractivity contribution in [3.8, 4) is 0 Å². The Kier molecular flexibility index (Phi) is 6.26. The molecule has 0 radical (unpaired) electrons. The van der Waals surface area contributed by atoms with E-state index in [1.807, 2.05) is 24.6 Å². The van der Waals surface area contributed by atoms with Gasteiger partial charge in [0.2, 0.25) is 5.91 Å². The number of likely N-dealkylation sites (tertiary alicyclic amines) is 1. The van der Waals surface area contributed by atoms with Gasteiger partial charge in [0.05, 0.1) is 18.3 Å². The van der Waals surface area contributed by atoms with E-state index in [0.29, 0.717) is 16.5 Å². The second-order valence-electron chi connectivity index (χ2n) is 7.09. The lowest BCUT2D eigenvalue weighted by Crippen LogP contribution is -2.33. The second kappa shape index (κ2) is 9.07. The van der Waals surface area contributed by atoms with Crippen molar-refractivity contribution in [1.82, 2.24) is 19.7 Å². The first-order valence-electron chi connectivity index (χ1n) is 9.54. The fraction of sp³-hybridized carbons (Fsp3) is 0.300. The molecule has 1 aliphatic heterocycles. The summed E-state index contributed by atoms with van der Waals surface area (Å²) in [5, 5.41) is 12.4. The van der Waals surface area contributed by atoms with Crippen LogP contribution in [0.15, 0.2) is 46.4 Å². The molecule has 156 valence electrons. The first-order valence-corrected chi connectivity index (χ1v) is 11.2. The Morgan fingerprint density at radius 3 is 2.77 bits per heavy atom. The lowest BCUT2D eigenvalue weighted by atomic mass is 10.2. The summed E-state index contributed by atoms with van der Waals surface area (Å²) in [5.41, 5.74) is 1.46. The van der Waals surface area contributed by atoms with Crippen molar-refractivity contribution in [2.24, 2.45) is 7.05 Å². The van der Waals surface area contributed by atoms with Crippen LogP contribution in [0.25, 0.3) is 0 Å². The third-order valence-electron chi connectivity index (χ3n) is 4.88. The number of hydrogen-bond donors (Lipinski definition) is 2. The van der Waals surface area contributed by atoms with Gasteiger partial charge < -0.3 is 5.32 Å². The van der Waals surface area contributed by atoms with Crippen LogP contribution in [0.3, 0.4) is 0 Å². The average molecular weight is 489 g/mol. The second-order valence-corrected chi connectivity index (χ2v) is 8.86. The number of hydrogen-bond acceptors (Lipinski definition) is 6. The number of nitrogens with one attached hydrogen (secondary N) is 2. The van der Waals surface area contributed by atoms with Crippen molar-refractivity contribution in [2.75, 3.05) is 23.7 Å². The molecular formula is C20H21BrN6O2S. The van der Waals surface area contributed by atoms with Crippen LogP contribution < -0.4 is 10.6 Å². The molecule has 30 heavy (non-hydrogen) atoms. The molecule has 1 aliphatic rings. The molecule has 8 nitrogen and oxygen atoms in total. The van der Waals surface area contributed by atoms with Gasteiger partial charge in [0.15, 0.2) is 10.9 Å². The van der Waals surface area contributed by atoms with E-state index in [9.17, 15) is 9.59 Å². The molecule has 1 unspecified atom stereocenters. The maximum atomic E-state index is 12.4.